The minimum atomic E-state index is -3.55. The van der Waals surface area contributed by atoms with Crippen LogP contribution in [0.1, 0.15) is 30.8 Å². The minimum absolute atomic E-state index is 0.124. The van der Waals surface area contributed by atoms with Crippen LogP contribution in [0.4, 0.5) is 5.69 Å². The highest BCUT2D eigenvalue weighted by molar-refractivity contribution is 7.89. The average Bonchev–Trinajstić information content (AvgIpc) is 3.14. The summed E-state index contributed by atoms with van der Waals surface area (Å²) in [6.45, 7) is 2.18. The summed E-state index contributed by atoms with van der Waals surface area (Å²) in [5.41, 5.74) is 0.412. The van der Waals surface area contributed by atoms with Crippen molar-refractivity contribution in [1.29, 1.82) is 0 Å². The van der Waals surface area contributed by atoms with Crippen LogP contribution in [0.5, 0.6) is 0 Å². The number of rotatable bonds is 6. The van der Waals surface area contributed by atoms with Gasteiger partial charge in [-0.3, -0.25) is 4.79 Å². The molecule has 2 unspecified atom stereocenters. The minimum Gasteiger partial charge on any atom is -0.461 e. The van der Waals surface area contributed by atoms with Gasteiger partial charge in [-0.25, -0.2) is 12.7 Å². The summed E-state index contributed by atoms with van der Waals surface area (Å²) in [4.78, 5) is 12.2. The molecule has 1 saturated carbocycles. The molecule has 1 aliphatic carbocycles. The van der Waals surface area contributed by atoms with Crippen LogP contribution in [0.25, 0.3) is 6.08 Å². The molecule has 0 aliphatic heterocycles. The fourth-order valence-corrected chi connectivity index (χ4v) is 3.61. The first-order valence-corrected chi connectivity index (χ1v) is 9.83. The second kappa shape index (κ2) is 7.09. The van der Waals surface area contributed by atoms with Gasteiger partial charge in [-0.1, -0.05) is 13.0 Å². The molecule has 1 amide bonds. The van der Waals surface area contributed by atoms with Gasteiger partial charge >= 0.3 is 0 Å². The zero-order valence-electron chi connectivity index (χ0n) is 15.0. The molecule has 1 fully saturated rings. The topological polar surface area (TPSA) is 79.6 Å². The van der Waals surface area contributed by atoms with E-state index in [9.17, 15) is 13.2 Å². The normalized spacial score (nSPS) is 19.8. The highest BCUT2D eigenvalue weighted by atomic mass is 32.2. The maximum Gasteiger partial charge on any atom is 0.248 e. The van der Waals surface area contributed by atoms with Crippen molar-refractivity contribution >= 4 is 27.7 Å². The van der Waals surface area contributed by atoms with Crippen LogP contribution in [0.3, 0.4) is 0 Å². The van der Waals surface area contributed by atoms with Crippen molar-refractivity contribution in [1.82, 2.24) is 4.31 Å². The van der Waals surface area contributed by atoms with Crippen LogP contribution in [-0.4, -0.2) is 32.7 Å². The third-order valence-electron chi connectivity index (χ3n) is 4.40. The van der Waals surface area contributed by atoms with Crippen molar-refractivity contribution in [3.63, 3.8) is 0 Å². The van der Waals surface area contributed by atoms with E-state index in [0.717, 1.165) is 16.5 Å². The zero-order chi connectivity index (χ0) is 18.9. The second-order valence-electron chi connectivity index (χ2n) is 6.70. The van der Waals surface area contributed by atoms with Crippen molar-refractivity contribution in [3.05, 3.63) is 54.0 Å². The first kappa shape index (κ1) is 18.4. The quantitative estimate of drug-likeness (QED) is 0.787. The van der Waals surface area contributed by atoms with Crippen molar-refractivity contribution in [2.75, 3.05) is 19.4 Å². The largest absolute Gasteiger partial charge is 0.461 e. The van der Waals surface area contributed by atoms with Crippen LogP contribution in [0, 0.1) is 5.92 Å². The number of sulfonamides is 1. The molecule has 26 heavy (non-hydrogen) atoms. The van der Waals surface area contributed by atoms with Gasteiger partial charge in [0.15, 0.2) is 0 Å². The predicted molar refractivity (Wildman–Crippen MR) is 100 cm³/mol. The summed E-state index contributed by atoms with van der Waals surface area (Å²) in [5.74, 6) is 2.37. The third kappa shape index (κ3) is 4.05. The fourth-order valence-electron chi connectivity index (χ4n) is 2.66. The number of hydrogen-bond acceptors (Lipinski definition) is 4. The molecule has 0 radical (unpaired) electrons. The number of benzene rings is 1. The van der Waals surface area contributed by atoms with E-state index >= 15 is 0 Å². The standard InChI is InChI=1S/C19H22N2O4S/c1-13-11-17(13)18-9-7-15(25-18)8-10-19(22)20-14-5-4-6-16(12-14)26(23,24)21(2)3/h4-10,12-13,17H,11H2,1-3H3,(H,20,22)/b10-8+. The van der Waals surface area contributed by atoms with Gasteiger partial charge in [0.2, 0.25) is 15.9 Å². The van der Waals surface area contributed by atoms with Crippen LogP contribution in [0.2, 0.25) is 0 Å². The molecular formula is C19H22N2O4S. The second-order valence-corrected chi connectivity index (χ2v) is 8.85. The maximum absolute atomic E-state index is 12.2. The molecule has 2 atom stereocenters. The van der Waals surface area contributed by atoms with E-state index in [2.05, 4.69) is 12.2 Å². The van der Waals surface area contributed by atoms with Gasteiger partial charge < -0.3 is 9.73 Å². The Morgan fingerprint density at radius 1 is 1.27 bits per heavy atom. The predicted octanol–water partition coefficient (Wildman–Crippen LogP) is 3.31. The number of nitrogens with one attached hydrogen (secondary N) is 1. The van der Waals surface area contributed by atoms with Crippen LogP contribution in [-0.2, 0) is 14.8 Å². The third-order valence-corrected chi connectivity index (χ3v) is 6.21. The number of nitrogens with zero attached hydrogens (tertiary/aromatic N) is 1. The molecule has 1 N–H and O–H groups in total. The SMILES string of the molecule is CC1CC1c1ccc(/C=C/C(=O)Nc2cccc(S(=O)(=O)N(C)C)c2)o1. The van der Waals surface area contributed by atoms with Crippen LogP contribution in [0.15, 0.2) is 51.8 Å². The van der Waals surface area contributed by atoms with Crippen LogP contribution >= 0.6 is 0 Å². The fraction of sp³-hybridized carbons (Fsp3) is 0.316. The van der Waals surface area contributed by atoms with Crippen molar-refractivity contribution in [3.8, 4) is 0 Å². The van der Waals surface area contributed by atoms with Crippen molar-refractivity contribution in [2.24, 2.45) is 5.92 Å². The number of hydrogen-bond donors (Lipinski definition) is 1. The van der Waals surface area contributed by atoms with E-state index in [1.54, 1.807) is 18.2 Å². The Balaban J connectivity index is 1.65. The van der Waals surface area contributed by atoms with E-state index < -0.39 is 10.0 Å². The molecule has 1 aromatic heterocycles. The highest BCUT2D eigenvalue weighted by Crippen LogP contribution is 2.47. The average molecular weight is 374 g/mol. The Morgan fingerprint density at radius 3 is 2.65 bits per heavy atom. The summed E-state index contributed by atoms with van der Waals surface area (Å²) >= 11 is 0. The van der Waals surface area contributed by atoms with Gasteiger partial charge in [-0.15, -0.1) is 0 Å². The lowest BCUT2D eigenvalue weighted by molar-refractivity contribution is -0.111. The molecular weight excluding hydrogens is 352 g/mol. The van der Waals surface area contributed by atoms with Crippen LogP contribution < -0.4 is 5.32 Å². The van der Waals surface area contributed by atoms with E-state index in [0.29, 0.717) is 23.3 Å². The molecule has 7 heteroatoms. The Labute approximate surface area is 153 Å². The number of carbonyl (C=O) groups excluding carboxylic acids is 1. The van der Waals surface area contributed by atoms with Crippen molar-refractivity contribution < 1.29 is 17.6 Å². The van der Waals surface area contributed by atoms with Gasteiger partial charge in [-0.05, 0) is 48.7 Å². The molecule has 1 heterocycles. The maximum atomic E-state index is 12.2. The summed E-state index contributed by atoms with van der Waals surface area (Å²) < 4.78 is 31.2. The van der Waals surface area contributed by atoms with Crippen molar-refractivity contribution in [2.45, 2.75) is 24.2 Å². The molecule has 2 aromatic rings. The lowest BCUT2D eigenvalue weighted by atomic mass is 10.3. The van der Waals surface area contributed by atoms with Gasteiger partial charge in [0.05, 0.1) is 4.90 Å². The van der Waals surface area contributed by atoms with E-state index in [1.165, 1.54) is 32.3 Å². The zero-order valence-corrected chi connectivity index (χ0v) is 15.8. The Kier molecular flexibility index (Phi) is 5.02. The van der Waals surface area contributed by atoms with Gasteiger partial charge in [0.1, 0.15) is 11.5 Å². The first-order valence-electron chi connectivity index (χ1n) is 8.39. The summed E-state index contributed by atoms with van der Waals surface area (Å²) in [7, 11) is -0.622. The monoisotopic (exact) mass is 374 g/mol. The lowest BCUT2D eigenvalue weighted by Gasteiger charge is -2.12. The van der Waals surface area contributed by atoms with Gasteiger partial charge in [0.25, 0.3) is 0 Å². The Bertz CT molecular complexity index is 944. The van der Waals surface area contributed by atoms with E-state index in [1.807, 2.05) is 12.1 Å². The molecule has 0 bridgehead atoms. The van der Waals surface area contributed by atoms with Gasteiger partial charge in [-0.2, -0.15) is 0 Å². The Morgan fingerprint density at radius 2 is 2.00 bits per heavy atom. The summed E-state index contributed by atoms with van der Waals surface area (Å²) in [5, 5.41) is 2.66. The van der Waals surface area contributed by atoms with E-state index in [4.69, 9.17) is 4.42 Å². The number of furan rings is 1. The van der Waals surface area contributed by atoms with Gasteiger partial charge in [0, 0.05) is 31.8 Å². The summed E-state index contributed by atoms with van der Waals surface area (Å²) in [6.07, 6.45) is 4.11. The number of anilines is 1. The lowest BCUT2D eigenvalue weighted by Crippen LogP contribution is -2.22. The summed E-state index contributed by atoms with van der Waals surface area (Å²) in [6, 6.07) is 9.94. The smallest absolute Gasteiger partial charge is 0.248 e. The highest BCUT2D eigenvalue weighted by Gasteiger charge is 2.36. The molecule has 1 aliphatic rings. The first-order chi connectivity index (χ1) is 12.3. The Hall–Kier alpha value is -2.38. The van der Waals surface area contributed by atoms with E-state index in [-0.39, 0.29) is 10.8 Å². The molecule has 0 spiro atoms. The molecule has 6 nitrogen and oxygen atoms in total. The molecule has 138 valence electrons. The molecule has 0 saturated heterocycles. The molecule has 3 rings (SSSR count). The number of carbonyl (C=O) groups is 1. The number of amides is 1. The molecule has 1 aromatic carbocycles.